The molecule has 3 aromatic heterocycles. The number of fused-ring (bicyclic) bond motifs is 6. The van der Waals surface area contributed by atoms with Gasteiger partial charge in [-0.2, -0.15) is 4.98 Å². The molecule has 0 spiro atoms. The van der Waals surface area contributed by atoms with Crippen molar-refractivity contribution in [2.75, 3.05) is 16.7 Å². The molecule has 9 nitrogen and oxygen atoms in total. The van der Waals surface area contributed by atoms with Crippen molar-refractivity contribution in [3.05, 3.63) is 60.2 Å². The van der Waals surface area contributed by atoms with Gasteiger partial charge in [-0.25, -0.2) is 20.0 Å². The number of hydrogen-bond donors (Lipinski definition) is 0. The Morgan fingerprint density at radius 1 is 1.11 bits per heavy atom. The molecule has 9 heteroatoms. The maximum absolute atomic E-state index is 5.58. The number of anilines is 2. The lowest BCUT2D eigenvalue weighted by Crippen LogP contribution is -2.45. The number of hydrazine groups is 1. The fraction of sp³-hybridized carbons (Fsp3) is 0.111. The van der Waals surface area contributed by atoms with Crippen molar-refractivity contribution < 1.29 is 8.94 Å². The topological polar surface area (TPSA) is 88.7 Å². The van der Waals surface area contributed by atoms with E-state index in [1.54, 1.807) is 12.5 Å². The number of nitrogens with zero attached hydrogens (tertiary/aromatic N) is 7. The van der Waals surface area contributed by atoms with Crippen LogP contribution in [0.5, 0.6) is 0 Å². The largest absolute Gasteiger partial charge is 0.458 e. The Morgan fingerprint density at radius 2 is 2.04 bits per heavy atom. The van der Waals surface area contributed by atoms with Gasteiger partial charge in [0.25, 0.3) is 0 Å². The number of benzene rings is 1. The number of furan rings is 1. The van der Waals surface area contributed by atoms with E-state index < -0.39 is 0 Å². The molecule has 2 aliphatic rings. The zero-order chi connectivity index (χ0) is 18.0. The van der Waals surface area contributed by atoms with Crippen LogP contribution in [-0.4, -0.2) is 32.2 Å². The molecule has 0 aliphatic carbocycles. The molecule has 0 unspecified atom stereocenters. The van der Waals surface area contributed by atoms with Crippen molar-refractivity contribution in [2.45, 2.75) is 6.92 Å². The number of aliphatic imine (C=N–C) groups is 1. The molecule has 5 heterocycles. The van der Waals surface area contributed by atoms with Gasteiger partial charge in [-0.15, -0.1) is 0 Å². The van der Waals surface area contributed by atoms with Crippen LogP contribution in [0.2, 0.25) is 0 Å². The standard InChI is InChI=1S/C18H13N7O2/c1-11-6-7-14(26-11)16-21-18(27-22-16)24-10-20-17-12-4-2-3-5-13(12)23-9-19-8-15(23)25(17)24/h2-9H,10H2,1H3. The summed E-state index contributed by atoms with van der Waals surface area (Å²) in [6, 6.07) is 12.1. The van der Waals surface area contributed by atoms with E-state index in [1.165, 1.54) is 0 Å². The predicted molar refractivity (Wildman–Crippen MR) is 96.7 cm³/mol. The lowest BCUT2D eigenvalue weighted by Gasteiger charge is -2.32. The van der Waals surface area contributed by atoms with E-state index in [0.717, 1.165) is 28.7 Å². The van der Waals surface area contributed by atoms with E-state index in [1.807, 2.05) is 57.9 Å². The van der Waals surface area contributed by atoms with E-state index in [-0.39, 0.29) is 0 Å². The molecule has 0 atom stereocenters. The van der Waals surface area contributed by atoms with Gasteiger partial charge in [-0.1, -0.05) is 17.3 Å². The molecule has 2 aliphatic heterocycles. The smallest absolute Gasteiger partial charge is 0.345 e. The molecule has 1 aromatic carbocycles. The van der Waals surface area contributed by atoms with Crippen molar-refractivity contribution in [3.8, 4) is 17.3 Å². The summed E-state index contributed by atoms with van der Waals surface area (Å²) in [6.45, 7) is 2.24. The Kier molecular flexibility index (Phi) is 2.69. The number of imidazole rings is 1. The highest BCUT2D eigenvalue weighted by Crippen LogP contribution is 2.36. The monoisotopic (exact) mass is 359 g/mol. The summed E-state index contributed by atoms with van der Waals surface area (Å²) in [7, 11) is 0. The van der Waals surface area contributed by atoms with E-state index >= 15 is 0 Å². The maximum atomic E-state index is 5.58. The second kappa shape index (κ2) is 5.07. The minimum atomic E-state index is 0.338. The molecule has 6 rings (SSSR count). The first-order chi connectivity index (χ1) is 13.3. The van der Waals surface area contributed by atoms with Crippen LogP contribution in [0.25, 0.3) is 17.3 Å². The first-order valence-electron chi connectivity index (χ1n) is 8.44. The third-order valence-electron chi connectivity index (χ3n) is 4.63. The fourth-order valence-electron chi connectivity index (χ4n) is 3.43. The highest BCUT2D eigenvalue weighted by atomic mass is 16.5. The minimum absolute atomic E-state index is 0.338. The van der Waals surface area contributed by atoms with Crippen LogP contribution in [0.1, 0.15) is 11.3 Å². The fourth-order valence-corrected chi connectivity index (χ4v) is 3.43. The third kappa shape index (κ3) is 1.93. The molecule has 4 aromatic rings. The van der Waals surface area contributed by atoms with Crippen molar-refractivity contribution in [2.24, 2.45) is 4.99 Å². The molecular weight excluding hydrogens is 346 g/mol. The number of aryl methyl sites for hydroxylation is 1. The molecule has 0 saturated carbocycles. The SMILES string of the molecule is Cc1ccc(-c2noc(N3CN=C4c5ccccc5-n5cncc5N43)n2)o1. The van der Waals surface area contributed by atoms with Crippen LogP contribution in [0.15, 0.2) is 62.9 Å². The van der Waals surface area contributed by atoms with Crippen LogP contribution >= 0.6 is 0 Å². The van der Waals surface area contributed by atoms with Crippen molar-refractivity contribution in [1.82, 2.24) is 19.7 Å². The lowest BCUT2D eigenvalue weighted by molar-refractivity contribution is 0.414. The summed E-state index contributed by atoms with van der Waals surface area (Å²) < 4.78 is 13.1. The molecule has 0 fully saturated rings. The first-order valence-corrected chi connectivity index (χ1v) is 8.44. The van der Waals surface area contributed by atoms with E-state index in [0.29, 0.717) is 24.3 Å². The van der Waals surface area contributed by atoms with Gasteiger partial charge in [0.05, 0.1) is 11.9 Å². The quantitative estimate of drug-likeness (QED) is 0.544. The summed E-state index contributed by atoms with van der Waals surface area (Å²) in [5.74, 6) is 3.44. The Morgan fingerprint density at radius 3 is 2.93 bits per heavy atom. The molecule has 0 amide bonds. The average molecular weight is 359 g/mol. The second-order valence-corrected chi connectivity index (χ2v) is 6.28. The van der Waals surface area contributed by atoms with Crippen LogP contribution in [-0.2, 0) is 0 Å². The van der Waals surface area contributed by atoms with E-state index in [9.17, 15) is 0 Å². The van der Waals surface area contributed by atoms with Gasteiger partial charge < -0.3 is 8.94 Å². The highest BCUT2D eigenvalue weighted by molar-refractivity contribution is 6.16. The summed E-state index contributed by atoms with van der Waals surface area (Å²) in [5, 5.41) is 7.82. The molecule has 0 radical (unpaired) electrons. The van der Waals surface area contributed by atoms with Crippen molar-refractivity contribution >= 4 is 17.7 Å². The Bertz CT molecular complexity index is 1200. The number of rotatable bonds is 2. The normalized spacial score (nSPS) is 14.8. The van der Waals surface area contributed by atoms with Crippen molar-refractivity contribution in [3.63, 3.8) is 0 Å². The lowest BCUT2D eigenvalue weighted by atomic mass is 10.1. The molecule has 0 bridgehead atoms. The van der Waals surface area contributed by atoms with Gasteiger partial charge in [0.1, 0.15) is 18.8 Å². The number of para-hydroxylation sites is 1. The van der Waals surface area contributed by atoms with Crippen LogP contribution in [0.4, 0.5) is 11.8 Å². The van der Waals surface area contributed by atoms with Crippen LogP contribution in [0.3, 0.4) is 0 Å². The van der Waals surface area contributed by atoms with Crippen LogP contribution in [0, 0.1) is 6.92 Å². The Hall–Kier alpha value is -3.88. The number of hydrogen-bond acceptors (Lipinski definition) is 8. The zero-order valence-electron chi connectivity index (χ0n) is 14.3. The highest BCUT2D eigenvalue weighted by Gasteiger charge is 2.38. The van der Waals surface area contributed by atoms with Crippen LogP contribution < -0.4 is 10.0 Å². The second-order valence-electron chi connectivity index (χ2n) is 6.28. The van der Waals surface area contributed by atoms with Gasteiger partial charge in [0.15, 0.2) is 17.4 Å². The molecular formula is C18H13N7O2. The number of amidine groups is 1. The summed E-state index contributed by atoms with van der Waals surface area (Å²) in [4.78, 5) is 13.5. The van der Waals surface area contributed by atoms with Gasteiger partial charge >= 0.3 is 6.01 Å². The minimum Gasteiger partial charge on any atom is -0.458 e. The first kappa shape index (κ1) is 14.3. The molecule has 132 valence electrons. The van der Waals surface area contributed by atoms with Gasteiger partial charge in [0.2, 0.25) is 5.82 Å². The summed E-state index contributed by atoms with van der Waals surface area (Å²) >= 11 is 0. The summed E-state index contributed by atoms with van der Waals surface area (Å²) in [5.41, 5.74) is 2.06. The summed E-state index contributed by atoms with van der Waals surface area (Å²) in [6.07, 6.45) is 3.57. The van der Waals surface area contributed by atoms with Gasteiger partial charge in [-0.05, 0) is 31.2 Å². The van der Waals surface area contributed by atoms with Crippen molar-refractivity contribution in [1.29, 1.82) is 0 Å². The van der Waals surface area contributed by atoms with E-state index in [4.69, 9.17) is 13.9 Å². The maximum Gasteiger partial charge on any atom is 0.345 e. The molecule has 0 N–H and O–H groups in total. The van der Waals surface area contributed by atoms with Gasteiger partial charge in [0, 0.05) is 5.56 Å². The van der Waals surface area contributed by atoms with Gasteiger partial charge in [-0.3, -0.25) is 4.57 Å². The molecule has 27 heavy (non-hydrogen) atoms. The Labute approximate surface area is 153 Å². The Balaban J connectivity index is 1.44. The molecule has 0 saturated heterocycles. The predicted octanol–water partition coefficient (Wildman–Crippen LogP) is 2.78. The van der Waals surface area contributed by atoms with E-state index in [2.05, 4.69) is 15.1 Å². The number of aromatic nitrogens is 4. The third-order valence-corrected chi connectivity index (χ3v) is 4.63. The zero-order valence-corrected chi connectivity index (χ0v) is 14.3. The average Bonchev–Trinajstić information content (AvgIpc) is 3.45.